The average molecular weight is 429 g/mol. The lowest BCUT2D eigenvalue weighted by Gasteiger charge is -2.32. The first-order valence-corrected chi connectivity index (χ1v) is 10.5. The first-order valence-electron chi connectivity index (χ1n) is 9.60. The van der Waals surface area contributed by atoms with Gasteiger partial charge < -0.3 is 15.0 Å². The SMILES string of the molecule is CNC(=O)NC(=O)C(OC(=O)C1CCCN(C(=O)c2cccs2)C1)c1ccccc1. The minimum absolute atomic E-state index is 0.112. The van der Waals surface area contributed by atoms with E-state index in [-0.39, 0.29) is 12.5 Å². The molecule has 1 aromatic carbocycles. The van der Waals surface area contributed by atoms with Gasteiger partial charge in [-0.3, -0.25) is 19.7 Å². The van der Waals surface area contributed by atoms with Crippen molar-refractivity contribution in [3.8, 4) is 0 Å². The van der Waals surface area contributed by atoms with Crippen LogP contribution in [0.15, 0.2) is 47.8 Å². The highest BCUT2D eigenvalue weighted by atomic mass is 32.1. The monoisotopic (exact) mass is 429 g/mol. The van der Waals surface area contributed by atoms with Gasteiger partial charge in [-0.05, 0) is 24.3 Å². The van der Waals surface area contributed by atoms with Gasteiger partial charge in [-0.1, -0.05) is 36.4 Å². The summed E-state index contributed by atoms with van der Waals surface area (Å²) in [5, 5.41) is 6.28. The van der Waals surface area contributed by atoms with E-state index in [1.54, 1.807) is 41.3 Å². The Hall–Kier alpha value is -3.20. The Morgan fingerprint density at radius 2 is 1.90 bits per heavy atom. The number of carbonyl (C=O) groups is 4. The molecular formula is C21H23N3O5S. The molecule has 30 heavy (non-hydrogen) atoms. The molecule has 3 rings (SSSR count). The van der Waals surface area contributed by atoms with E-state index in [2.05, 4.69) is 10.6 Å². The molecule has 1 aromatic heterocycles. The molecule has 1 aliphatic rings. The van der Waals surface area contributed by atoms with Crippen LogP contribution in [0.3, 0.4) is 0 Å². The van der Waals surface area contributed by atoms with E-state index in [1.165, 1.54) is 18.4 Å². The number of ether oxygens (including phenoxy) is 1. The number of carbonyl (C=O) groups excluding carboxylic acids is 4. The molecular weight excluding hydrogens is 406 g/mol. The Kier molecular flexibility index (Phi) is 7.18. The lowest BCUT2D eigenvalue weighted by Crippen LogP contribution is -2.44. The maximum absolute atomic E-state index is 12.9. The number of amides is 4. The number of nitrogens with zero attached hydrogens (tertiary/aromatic N) is 1. The molecule has 0 bridgehead atoms. The van der Waals surface area contributed by atoms with Gasteiger partial charge in [0.05, 0.1) is 10.8 Å². The number of benzene rings is 1. The van der Waals surface area contributed by atoms with Crippen LogP contribution in [0, 0.1) is 5.92 Å². The van der Waals surface area contributed by atoms with Crippen molar-refractivity contribution in [1.82, 2.24) is 15.5 Å². The van der Waals surface area contributed by atoms with Crippen molar-refractivity contribution in [2.45, 2.75) is 18.9 Å². The Bertz CT molecular complexity index is 901. The Morgan fingerprint density at radius 3 is 2.57 bits per heavy atom. The van der Waals surface area contributed by atoms with Crippen molar-refractivity contribution < 1.29 is 23.9 Å². The van der Waals surface area contributed by atoms with Crippen LogP contribution in [-0.2, 0) is 14.3 Å². The van der Waals surface area contributed by atoms with Crippen LogP contribution >= 0.6 is 11.3 Å². The fourth-order valence-corrected chi connectivity index (χ4v) is 3.95. The number of rotatable bonds is 5. The smallest absolute Gasteiger partial charge is 0.321 e. The molecule has 4 amide bonds. The molecule has 2 heterocycles. The van der Waals surface area contributed by atoms with Gasteiger partial charge in [-0.15, -0.1) is 11.3 Å². The number of esters is 1. The van der Waals surface area contributed by atoms with Gasteiger partial charge in [-0.2, -0.15) is 0 Å². The topological polar surface area (TPSA) is 105 Å². The predicted molar refractivity (Wildman–Crippen MR) is 111 cm³/mol. The maximum Gasteiger partial charge on any atom is 0.321 e. The predicted octanol–water partition coefficient (Wildman–Crippen LogP) is 2.34. The zero-order chi connectivity index (χ0) is 21.5. The normalized spacial score (nSPS) is 17.0. The molecule has 0 saturated carbocycles. The molecule has 9 heteroatoms. The van der Waals surface area contributed by atoms with Gasteiger partial charge in [0.2, 0.25) is 6.10 Å². The highest BCUT2D eigenvalue weighted by Gasteiger charge is 2.34. The highest BCUT2D eigenvalue weighted by molar-refractivity contribution is 7.12. The van der Waals surface area contributed by atoms with E-state index in [1.807, 2.05) is 11.4 Å². The van der Waals surface area contributed by atoms with Crippen LogP contribution in [0.2, 0.25) is 0 Å². The zero-order valence-corrected chi connectivity index (χ0v) is 17.3. The van der Waals surface area contributed by atoms with E-state index >= 15 is 0 Å². The lowest BCUT2D eigenvalue weighted by atomic mass is 9.97. The van der Waals surface area contributed by atoms with E-state index in [0.717, 1.165) is 0 Å². The molecule has 2 atom stereocenters. The number of piperidine rings is 1. The fraction of sp³-hybridized carbons (Fsp3) is 0.333. The average Bonchev–Trinajstić information content (AvgIpc) is 3.32. The van der Waals surface area contributed by atoms with Gasteiger partial charge in [0, 0.05) is 25.7 Å². The summed E-state index contributed by atoms with van der Waals surface area (Å²) in [5.41, 5.74) is 0.453. The van der Waals surface area contributed by atoms with Crippen molar-refractivity contribution in [3.05, 3.63) is 58.3 Å². The van der Waals surface area contributed by atoms with Gasteiger partial charge in [0.25, 0.3) is 11.8 Å². The zero-order valence-electron chi connectivity index (χ0n) is 16.5. The quantitative estimate of drug-likeness (QED) is 0.710. The minimum Gasteiger partial charge on any atom is -0.447 e. The molecule has 8 nitrogen and oxygen atoms in total. The van der Waals surface area contributed by atoms with Crippen LogP contribution in [0.25, 0.3) is 0 Å². The maximum atomic E-state index is 12.9. The number of imide groups is 1. The van der Waals surface area contributed by atoms with E-state index in [4.69, 9.17) is 4.74 Å². The molecule has 1 aliphatic heterocycles. The summed E-state index contributed by atoms with van der Waals surface area (Å²) in [6.07, 6.45) is -0.0393. The van der Waals surface area contributed by atoms with Crippen molar-refractivity contribution >= 4 is 35.2 Å². The summed E-state index contributed by atoms with van der Waals surface area (Å²) in [6.45, 7) is 0.800. The Morgan fingerprint density at radius 1 is 1.13 bits per heavy atom. The van der Waals surface area contributed by atoms with Crippen LogP contribution < -0.4 is 10.6 Å². The molecule has 1 saturated heterocycles. The summed E-state index contributed by atoms with van der Waals surface area (Å²) in [7, 11) is 1.38. The van der Waals surface area contributed by atoms with Crippen LogP contribution in [0.5, 0.6) is 0 Å². The van der Waals surface area contributed by atoms with Crippen LogP contribution in [0.4, 0.5) is 4.79 Å². The molecule has 2 unspecified atom stereocenters. The van der Waals surface area contributed by atoms with Crippen LogP contribution in [0.1, 0.15) is 34.2 Å². The number of hydrogen-bond donors (Lipinski definition) is 2. The number of thiophene rings is 1. The minimum atomic E-state index is -1.26. The van der Waals surface area contributed by atoms with Crippen molar-refractivity contribution in [2.75, 3.05) is 20.1 Å². The van der Waals surface area contributed by atoms with E-state index in [9.17, 15) is 19.2 Å². The second-order valence-corrected chi connectivity index (χ2v) is 7.81. The number of urea groups is 1. The number of hydrogen-bond acceptors (Lipinski definition) is 6. The molecule has 0 aliphatic carbocycles. The third-order valence-electron chi connectivity index (χ3n) is 4.81. The molecule has 0 spiro atoms. The standard InChI is InChI=1S/C21H23N3O5S/c1-22-21(28)23-18(25)17(14-7-3-2-4-8-14)29-20(27)15-9-5-11-24(13-15)19(26)16-10-6-12-30-16/h2-4,6-8,10,12,15,17H,5,9,11,13H2,1H3,(H2,22,23,25,28). The van der Waals surface area contributed by atoms with Gasteiger partial charge in [0.1, 0.15) is 0 Å². The first-order chi connectivity index (χ1) is 14.5. The number of likely N-dealkylation sites (tertiary alicyclic amines) is 1. The van der Waals surface area contributed by atoms with Crippen molar-refractivity contribution in [3.63, 3.8) is 0 Å². The molecule has 2 aromatic rings. The Balaban J connectivity index is 1.70. The third-order valence-corrected chi connectivity index (χ3v) is 5.67. The van der Waals surface area contributed by atoms with Crippen molar-refractivity contribution in [2.24, 2.45) is 5.92 Å². The third kappa shape index (κ3) is 5.24. The summed E-state index contributed by atoms with van der Waals surface area (Å²) >= 11 is 1.36. The number of nitrogens with one attached hydrogen (secondary N) is 2. The lowest BCUT2D eigenvalue weighted by molar-refractivity contribution is -0.161. The summed E-state index contributed by atoms with van der Waals surface area (Å²) in [6, 6.07) is 11.4. The second kappa shape index (κ2) is 10.0. The summed E-state index contributed by atoms with van der Waals surface area (Å²) < 4.78 is 5.54. The summed E-state index contributed by atoms with van der Waals surface area (Å²) in [4.78, 5) is 51.8. The molecule has 0 radical (unpaired) electrons. The van der Waals surface area contributed by atoms with Crippen LogP contribution in [-0.4, -0.2) is 48.9 Å². The van der Waals surface area contributed by atoms with E-state index < -0.39 is 29.9 Å². The molecule has 158 valence electrons. The largest absolute Gasteiger partial charge is 0.447 e. The first kappa shape index (κ1) is 21.5. The van der Waals surface area contributed by atoms with Gasteiger partial charge in [0.15, 0.2) is 0 Å². The van der Waals surface area contributed by atoms with E-state index in [0.29, 0.717) is 29.8 Å². The molecule has 2 N–H and O–H groups in total. The van der Waals surface area contributed by atoms with Crippen molar-refractivity contribution in [1.29, 1.82) is 0 Å². The fourth-order valence-electron chi connectivity index (χ4n) is 3.26. The second-order valence-electron chi connectivity index (χ2n) is 6.86. The highest BCUT2D eigenvalue weighted by Crippen LogP contribution is 2.25. The summed E-state index contributed by atoms with van der Waals surface area (Å²) in [5.74, 6) is -1.96. The molecule has 1 fully saturated rings. The van der Waals surface area contributed by atoms with Gasteiger partial charge >= 0.3 is 12.0 Å². The van der Waals surface area contributed by atoms with Gasteiger partial charge in [-0.25, -0.2) is 4.79 Å². The Labute approximate surface area is 178 Å².